The number of ether oxygens (including phenoxy) is 2. The van der Waals surface area contributed by atoms with E-state index in [9.17, 15) is 9.59 Å². The SMILES string of the molecule is C[C@]12CC[C@H]3[C@@H](CCC4=CC(=O)CC[C@@]43C)[C@@H]1CC[C@@H]2C(=O)NCCOCCOCCn1cnc2c(N)ncnc21. The van der Waals surface area contributed by atoms with Gasteiger partial charge in [0.05, 0.1) is 32.8 Å². The average Bonchev–Trinajstić information content (AvgIpc) is 3.54. The topological polar surface area (TPSA) is 134 Å². The van der Waals surface area contributed by atoms with Crippen molar-refractivity contribution in [2.24, 2.45) is 34.5 Å². The highest BCUT2D eigenvalue weighted by atomic mass is 16.5. The van der Waals surface area contributed by atoms with Gasteiger partial charge in [-0.2, -0.15) is 0 Å². The highest BCUT2D eigenvalue weighted by Gasteiger charge is 2.60. The lowest BCUT2D eigenvalue weighted by molar-refractivity contribution is -0.132. The molecule has 0 radical (unpaired) electrons. The number of nitrogens with one attached hydrogen (secondary N) is 1. The summed E-state index contributed by atoms with van der Waals surface area (Å²) >= 11 is 0. The number of nitrogens with two attached hydrogens (primary N) is 1. The Morgan fingerprint density at radius 3 is 2.71 bits per heavy atom. The third kappa shape index (κ3) is 5.18. The maximum Gasteiger partial charge on any atom is 0.223 e. The van der Waals surface area contributed by atoms with E-state index in [2.05, 4.69) is 34.1 Å². The minimum absolute atomic E-state index is 0.0698. The lowest BCUT2D eigenvalue weighted by Gasteiger charge is -2.58. The Bertz CT molecular complexity index is 1320. The summed E-state index contributed by atoms with van der Waals surface area (Å²) in [4.78, 5) is 37.9. The van der Waals surface area contributed by atoms with Crippen LogP contribution in [0, 0.1) is 34.5 Å². The van der Waals surface area contributed by atoms with E-state index in [0.717, 1.165) is 32.1 Å². The number of nitrogens with zero attached hydrogens (tertiary/aromatic N) is 4. The second-order valence-electron chi connectivity index (χ2n) is 13.0. The fourth-order valence-electron chi connectivity index (χ4n) is 8.91. The molecule has 0 aliphatic heterocycles. The lowest BCUT2D eigenvalue weighted by atomic mass is 9.47. The van der Waals surface area contributed by atoms with E-state index in [1.807, 2.05) is 10.6 Å². The van der Waals surface area contributed by atoms with Crippen LogP contribution in [0.2, 0.25) is 0 Å². The number of aromatic nitrogens is 4. The first kappa shape index (κ1) is 28.3. The van der Waals surface area contributed by atoms with Crippen molar-refractivity contribution in [1.29, 1.82) is 0 Å². The molecule has 2 heterocycles. The maximum absolute atomic E-state index is 13.3. The molecule has 0 unspecified atom stereocenters. The number of rotatable bonds is 10. The normalized spacial score (nSPS) is 32.7. The van der Waals surface area contributed by atoms with Gasteiger partial charge in [-0.15, -0.1) is 0 Å². The van der Waals surface area contributed by atoms with Gasteiger partial charge in [0, 0.05) is 25.4 Å². The Morgan fingerprint density at radius 1 is 1.02 bits per heavy atom. The molecule has 222 valence electrons. The predicted octanol–water partition coefficient (Wildman–Crippen LogP) is 3.71. The molecule has 3 saturated carbocycles. The van der Waals surface area contributed by atoms with Crippen molar-refractivity contribution in [2.45, 2.75) is 71.8 Å². The molecule has 4 aliphatic carbocycles. The van der Waals surface area contributed by atoms with Crippen LogP contribution in [0.4, 0.5) is 5.82 Å². The van der Waals surface area contributed by atoms with Crippen LogP contribution < -0.4 is 11.1 Å². The lowest BCUT2D eigenvalue weighted by Crippen LogP contribution is -2.52. The zero-order chi connectivity index (χ0) is 28.6. The highest BCUT2D eigenvalue weighted by molar-refractivity contribution is 5.91. The quantitative estimate of drug-likeness (QED) is 0.417. The number of carbonyl (C=O) groups is 2. The zero-order valence-corrected chi connectivity index (χ0v) is 24.4. The van der Waals surface area contributed by atoms with Gasteiger partial charge in [0.25, 0.3) is 0 Å². The predicted molar refractivity (Wildman–Crippen MR) is 155 cm³/mol. The standard InChI is InChI=1S/C31H44N6O4/c1-30-9-7-21(38)17-20(30)3-4-22-23-5-6-25(31(23,2)10-8-24(22)30)29(39)33-11-13-40-15-16-41-14-12-37-19-36-26-27(32)34-18-35-28(26)37/h17-19,22-25H,3-16H2,1-2H3,(H,33,39)(H2,32,34,35)/t22-,23-,24-,25+,30-,31-/m0/s1. The summed E-state index contributed by atoms with van der Waals surface area (Å²) in [7, 11) is 0. The van der Waals surface area contributed by atoms with Crippen molar-refractivity contribution in [3.05, 3.63) is 24.3 Å². The molecular formula is C31H44N6O4. The van der Waals surface area contributed by atoms with E-state index in [0.29, 0.717) is 86.5 Å². The van der Waals surface area contributed by atoms with Crippen LogP contribution in [0.5, 0.6) is 0 Å². The first-order chi connectivity index (χ1) is 19.8. The molecule has 0 saturated heterocycles. The number of amides is 1. The van der Waals surface area contributed by atoms with Crippen LogP contribution in [0.25, 0.3) is 11.2 Å². The Morgan fingerprint density at radius 2 is 1.85 bits per heavy atom. The minimum atomic E-state index is 0.0698. The van der Waals surface area contributed by atoms with E-state index in [1.54, 1.807) is 6.33 Å². The van der Waals surface area contributed by atoms with Gasteiger partial charge in [0.1, 0.15) is 11.8 Å². The van der Waals surface area contributed by atoms with Crippen LogP contribution in [-0.2, 0) is 25.6 Å². The minimum Gasteiger partial charge on any atom is -0.382 e. The summed E-state index contributed by atoms with van der Waals surface area (Å²) < 4.78 is 13.3. The smallest absolute Gasteiger partial charge is 0.223 e. The Labute approximate surface area is 241 Å². The molecule has 10 heteroatoms. The molecule has 41 heavy (non-hydrogen) atoms. The summed E-state index contributed by atoms with van der Waals surface area (Å²) in [6.07, 6.45) is 13.4. The van der Waals surface area contributed by atoms with E-state index in [-0.39, 0.29) is 22.7 Å². The number of fused-ring (bicyclic) bond motifs is 6. The van der Waals surface area contributed by atoms with Crippen molar-refractivity contribution < 1.29 is 19.1 Å². The number of hydrogen-bond acceptors (Lipinski definition) is 8. The molecule has 1 amide bonds. The molecule has 6 rings (SSSR count). The molecule has 0 bridgehead atoms. The van der Waals surface area contributed by atoms with Crippen molar-refractivity contribution in [3.63, 3.8) is 0 Å². The third-order valence-electron chi connectivity index (χ3n) is 11.1. The van der Waals surface area contributed by atoms with Crippen molar-refractivity contribution in [1.82, 2.24) is 24.8 Å². The van der Waals surface area contributed by atoms with E-state index in [1.165, 1.54) is 24.7 Å². The second-order valence-corrected chi connectivity index (χ2v) is 13.0. The molecule has 2 aromatic heterocycles. The molecule has 3 fully saturated rings. The number of ketones is 1. The first-order valence-corrected chi connectivity index (χ1v) is 15.4. The largest absolute Gasteiger partial charge is 0.382 e. The number of allylic oxidation sites excluding steroid dienone is 1. The summed E-state index contributed by atoms with van der Waals surface area (Å²) in [6, 6.07) is 0. The van der Waals surface area contributed by atoms with E-state index < -0.39 is 0 Å². The van der Waals surface area contributed by atoms with Crippen LogP contribution in [0.15, 0.2) is 24.3 Å². The Hall–Kier alpha value is -2.85. The summed E-state index contributed by atoms with van der Waals surface area (Å²) in [5.41, 5.74) is 8.79. The third-order valence-corrected chi connectivity index (χ3v) is 11.1. The number of carbonyl (C=O) groups excluding carboxylic acids is 2. The van der Waals surface area contributed by atoms with Gasteiger partial charge in [0.2, 0.25) is 5.91 Å². The highest BCUT2D eigenvalue weighted by Crippen LogP contribution is 2.66. The maximum atomic E-state index is 13.3. The van der Waals surface area contributed by atoms with Gasteiger partial charge in [0.15, 0.2) is 17.2 Å². The van der Waals surface area contributed by atoms with Crippen molar-refractivity contribution >= 4 is 28.7 Å². The molecule has 0 aromatic carbocycles. The van der Waals surface area contributed by atoms with Crippen molar-refractivity contribution in [3.8, 4) is 0 Å². The molecule has 0 spiro atoms. The average molecular weight is 565 g/mol. The first-order valence-electron chi connectivity index (χ1n) is 15.4. The van der Waals surface area contributed by atoms with Gasteiger partial charge in [-0.3, -0.25) is 9.59 Å². The fraction of sp³-hybridized carbons (Fsp3) is 0.710. The summed E-state index contributed by atoms with van der Waals surface area (Å²) in [5, 5.41) is 3.17. The number of nitrogen functional groups attached to an aromatic ring is 1. The van der Waals surface area contributed by atoms with Gasteiger partial charge < -0.3 is 25.1 Å². The van der Waals surface area contributed by atoms with Crippen LogP contribution in [-0.4, -0.2) is 64.2 Å². The molecule has 6 atom stereocenters. The van der Waals surface area contributed by atoms with Gasteiger partial charge in [-0.05, 0) is 79.6 Å². The number of imidazole rings is 1. The molecular weight excluding hydrogens is 520 g/mol. The van der Waals surface area contributed by atoms with Crippen LogP contribution in [0.3, 0.4) is 0 Å². The monoisotopic (exact) mass is 564 g/mol. The Balaban J connectivity index is 0.909. The van der Waals surface area contributed by atoms with Crippen molar-refractivity contribution in [2.75, 3.05) is 38.7 Å². The van der Waals surface area contributed by atoms with E-state index in [4.69, 9.17) is 15.2 Å². The summed E-state index contributed by atoms with van der Waals surface area (Å²) in [6.45, 7) is 7.87. The zero-order valence-electron chi connectivity index (χ0n) is 24.4. The fourth-order valence-corrected chi connectivity index (χ4v) is 8.91. The molecule has 2 aromatic rings. The number of hydrogen-bond donors (Lipinski definition) is 2. The Kier molecular flexibility index (Phi) is 7.89. The molecule has 3 N–H and O–H groups in total. The van der Waals surface area contributed by atoms with Gasteiger partial charge in [-0.1, -0.05) is 19.4 Å². The van der Waals surface area contributed by atoms with Gasteiger partial charge in [-0.25, -0.2) is 15.0 Å². The van der Waals surface area contributed by atoms with Crippen LogP contribution >= 0.6 is 0 Å². The summed E-state index contributed by atoms with van der Waals surface area (Å²) in [5.74, 6) is 2.88. The van der Waals surface area contributed by atoms with Gasteiger partial charge >= 0.3 is 0 Å². The van der Waals surface area contributed by atoms with Crippen LogP contribution in [0.1, 0.15) is 65.2 Å². The molecule has 4 aliphatic rings. The number of anilines is 1. The second kappa shape index (κ2) is 11.4. The molecule has 10 nitrogen and oxygen atoms in total. The van der Waals surface area contributed by atoms with E-state index >= 15 is 0 Å².